The SMILES string of the molecule is CCOCc1ccc(O)c2c1C(=O)c1c(F)c(F)c(F)c(F)c1C2=O. The van der Waals surface area contributed by atoms with Crippen LogP contribution in [0.2, 0.25) is 0 Å². The summed E-state index contributed by atoms with van der Waals surface area (Å²) in [6.45, 7) is 1.78. The van der Waals surface area contributed by atoms with Gasteiger partial charge in [-0.25, -0.2) is 17.6 Å². The van der Waals surface area contributed by atoms with Crippen molar-refractivity contribution in [2.75, 3.05) is 6.61 Å². The number of benzene rings is 2. The maximum absolute atomic E-state index is 14.1. The van der Waals surface area contributed by atoms with E-state index >= 15 is 0 Å². The molecule has 0 unspecified atom stereocenters. The van der Waals surface area contributed by atoms with Crippen LogP contribution < -0.4 is 0 Å². The highest BCUT2D eigenvalue weighted by molar-refractivity contribution is 6.30. The van der Waals surface area contributed by atoms with Crippen LogP contribution in [0.1, 0.15) is 44.3 Å². The molecule has 1 aliphatic rings. The normalized spacial score (nSPS) is 13.0. The second kappa shape index (κ2) is 5.96. The van der Waals surface area contributed by atoms with Crippen LogP contribution in [0.15, 0.2) is 12.1 Å². The summed E-state index contributed by atoms with van der Waals surface area (Å²) < 4.78 is 60.2. The number of rotatable bonds is 3. The van der Waals surface area contributed by atoms with Crippen molar-refractivity contribution in [2.24, 2.45) is 0 Å². The van der Waals surface area contributed by atoms with Crippen LogP contribution in [0.4, 0.5) is 17.6 Å². The van der Waals surface area contributed by atoms with E-state index in [0.717, 1.165) is 6.07 Å². The number of carbonyl (C=O) groups is 2. The van der Waals surface area contributed by atoms with Crippen molar-refractivity contribution in [3.8, 4) is 5.75 Å². The summed E-state index contributed by atoms with van der Waals surface area (Å²) in [6, 6.07) is 2.35. The van der Waals surface area contributed by atoms with Gasteiger partial charge in [-0.2, -0.15) is 0 Å². The lowest BCUT2D eigenvalue weighted by atomic mass is 9.80. The molecule has 0 radical (unpaired) electrons. The van der Waals surface area contributed by atoms with Gasteiger partial charge in [-0.3, -0.25) is 9.59 Å². The zero-order valence-electron chi connectivity index (χ0n) is 12.8. The smallest absolute Gasteiger partial charge is 0.201 e. The first kappa shape index (κ1) is 17.1. The van der Waals surface area contributed by atoms with Crippen LogP contribution in [0.5, 0.6) is 5.75 Å². The zero-order valence-corrected chi connectivity index (χ0v) is 12.8. The van der Waals surface area contributed by atoms with Crippen LogP contribution in [0.25, 0.3) is 0 Å². The standard InChI is InChI=1S/C17H10F4O4/c1-2-25-5-6-3-4-7(22)9-8(6)16(23)10-11(17(9)24)13(19)15(21)14(20)12(10)18/h3-4,22H,2,5H2,1H3. The first-order valence-electron chi connectivity index (χ1n) is 7.19. The molecule has 2 aromatic carbocycles. The van der Waals surface area contributed by atoms with Crippen LogP contribution in [0.3, 0.4) is 0 Å². The summed E-state index contributed by atoms with van der Waals surface area (Å²) in [5, 5.41) is 9.91. The molecule has 0 amide bonds. The third-order valence-electron chi connectivity index (χ3n) is 3.91. The molecule has 2 aromatic rings. The molecule has 1 aliphatic carbocycles. The molecule has 0 bridgehead atoms. The lowest BCUT2D eigenvalue weighted by Gasteiger charge is -2.22. The summed E-state index contributed by atoms with van der Waals surface area (Å²) >= 11 is 0. The fourth-order valence-electron chi connectivity index (χ4n) is 2.76. The predicted octanol–water partition coefficient (Wildman–Crippen LogP) is 3.26. The van der Waals surface area contributed by atoms with E-state index in [4.69, 9.17) is 4.74 Å². The van der Waals surface area contributed by atoms with Gasteiger partial charge in [0.15, 0.2) is 29.1 Å². The Hall–Kier alpha value is -2.74. The number of halogens is 4. The fourth-order valence-corrected chi connectivity index (χ4v) is 2.76. The maximum Gasteiger partial charge on any atom is 0.201 e. The van der Waals surface area contributed by atoms with Gasteiger partial charge in [0.2, 0.25) is 5.78 Å². The van der Waals surface area contributed by atoms with E-state index in [0.29, 0.717) is 0 Å². The Morgan fingerprint density at radius 3 is 1.88 bits per heavy atom. The lowest BCUT2D eigenvalue weighted by molar-refractivity contribution is 0.0959. The predicted molar refractivity (Wildman–Crippen MR) is 76.6 cm³/mol. The second-order valence-corrected chi connectivity index (χ2v) is 5.30. The van der Waals surface area contributed by atoms with Gasteiger partial charge in [-0.1, -0.05) is 6.07 Å². The molecule has 0 spiro atoms. The molecule has 8 heteroatoms. The fraction of sp³-hybridized carbons (Fsp3) is 0.176. The Morgan fingerprint density at radius 2 is 1.36 bits per heavy atom. The highest BCUT2D eigenvalue weighted by Gasteiger charge is 2.41. The van der Waals surface area contributed by atoms with Crippen molar-refractivity contribution in [3.05, 3.63) is 63.2 Å². The molecule has 0 aliphatic heterocycles. The summed E-state index contributed by atoms with van der Waals surface area (Å²) in [6.07, 6.45) is 0. The molecule has 130 valence electrons. The average Bonchev–Trinajstić information content (AvgIpc) is 2.59. The number of hydrogen-bond acceptors (Lipinski definition) is 4. The number of hydrogen-bond donors (Lipinski definition) is 1. The van der Waals surface area contributed by atoms with E-state index < -0.39 is 62.8 Å². The Morgan fingerprint density at radius 1 is 0.840 bits per heavy atom. The highest BCUT2D eigenvalue weighted by Crippen LogP contribution is 2.38. The number of fused-ring (bicyclic) bond motifs is 2. The Balaban J connectivity index is 2.36. The molecule has 3 rings (SSSR count). The minimum Gasteiger partial charge on any atom is -0.507 e. The number of ketones is 2. The van der Waals surface area contributed by atoms with Gasteiger partial charge in [-0.15, -0.1) is 0 Å². The van der Waals surface area contributed by atoms with Gasteiger partial charge in [-0.05, 0) is 18.6 Å². The molecule has 0 aromatic heterocycles. The summed E-state index contributed by atoms with van der Waals surface area (Å²) in [4.78, 5) is 25.1. The second-order valence-electron chi connectivity index (χ2n) is 5.30. The van der Waals surface area contributed by atoms with Crippen LogP contribution in [0, 0.1) is 23.3 Å². The minimum absolute atomic E-state index is 0.128. The van der Waals surface area contributed by atoms with Crippen LogP contribution >= 0.6 is 0 Å². The monoisotopic (exact) mass is 354 g/mol. The minimum atomic E-state index is -2.20. The van der Waals surface area contributed by atoms with E-state index in [1.807, 2.05) is 0 Å². The van der Waals surface area contributed by atoms with E-state index in [1.165, 1.54) is 6.07 Å². The lowest BCUT2D eigenvalue weighted by Crippen LogP contribution is -2.27. The van der Waals surface area contributed by atoms with Crippen molar-refractivity contribution in [2.45, 2.75) is 13.5 Å². The van der Waals surface area contributed by atoms with E-state index in [-0.39, 0.29) is 18.8 Å². The Labute approximate surface area is 138 Å². The highest BCUT2D eigenvalue weighted by atomic mass is 19.2. The largest absolute Gasteiger partial charge is 0.507 e. The number of carbonyl (C=O) groups excluding carboxylic acids is 2. The molecule has 4 nitrogen and oxygen atoms in total. The van der Waals surface area contributed by atoms with Gasteiger partial charge < -0.3 is 9.84 Å². The summed E-state index contributed by atoms with van der Waals surface area (Å²) in [5.74, 6) is -11.5. The van der Waals surface area contributed by atoms with Gasteiger partial charge in [0.25, 0.3) is 0 Å². The van der Waals surface area contributed by atoms with E-state index in [2.05, 4.69) is 0 Å². The van der Waals surface area contributed by atoms with Crippen molar-refractivity contribution < 1.29 is 37.0 Å². The molecule has 1 N–H and O–H groups in total. The van der Waals surface area contributed by atoms with Crippen LogP contribution in [-0.2, 0) is 11.3 Å². The molecule has 0 saturated carbocycles. The van der Waals surface area contributed by atoms with Gasteiger partial charge in [0, 0.05) is 12.2 Å². The van der Waals surface area contributed by atoms with Crippen molar-refractivity contribution in [3.63, 3.8) is 0 Å². The molecular formula is C17H10F4O4. The first-order chi connectivity index (χ1) is 11.8. The van der Waals surface area contributed by atoms with Gasteiger partial charge in [0.1, 0.15) is 5.75 Å². The third kappa shape index (κ3) is 2.32. The third-order valence-corrected chi connectivity index (χ3v) is 3.91. The molecule has 0 heterocycles. The molecule has 0 atom stereocenters. The quantitative estimate of drug-likeness (QED) is 0.446. The van der Waals surface area contributed by atoms with Crippen LogP contribution in [-0.4, -0.2) is 23.3 Å². The maximum atomic E-state index is 14.1. The molecule has 25 heavy (non-hydrogen) atoms. The number of aromatic hydroxyl groups is 1. The van der Waals surface area contributed by atoms with E-state index in [9.17, 15) is 32.3 Å². The molecular weight excluding hydrogens is 344 g/mol. The number of phenolic OH excluding ortho intramolecular Hbond substituents is 1. The summed E-state index contributed by atoms with van der Waals surface area (Å²) in [7, 11) is 0. The van der Waals surface area contributed by atoms with Gasteiger partial charge in [0.05, 0.1) is 23.3 Å². The molecule has 0 fully saturated rings. The van der Waals surface area contributed by atoms with Gasteiger partial charge >= 0.3 is 0 Å². The zero-order chi connectivity index (χ0) is 18.5. The Bertz CT molecular complexity index is 937. The topological polar surface area (TPSA) is 63.6 Å². The first-order valence-corrected chi connectivity index (χ1v) is 7.19. The number of phenols is 1. The number of ether oxygens (including phenoxy) is 1. The summed E-state index contributed by atoms with van der Waals surface area (Å²) in [5.41, 5.74) is -3.33. The van der Waals surface area contributed by atoms with Crippen molar-refractivity contribution in [1.29, 1.82) is 0 Å². The van der Waals surface area contributed by atoms with Crippen molar-refractivity contribution in [1.82, 2.24) is 0 Å². The Kier molecular flexibility index (Phi) is 4.08. The average molecular weight is 354 g/mol. The van der Waals surface area contributed by atoms with E-state index in [1.54, 1.807) is 6.92 Å². The van der Waals surface area contributed by atoms with Crippen molar-refractivity contribution >= 4 is 11.6 Å². The molecule has 0 saturated heterocycles.